The van der Waals surface area contributed by atoms with Crippen LogP contribution in [0.1, 0.15) is 29.6 Å². The van der Waals surface area contributed by atoms with Gasteiger partial charge in [0, 0.05) is 47.0 Å². The molecular weight excluding hydrogens is 541 g/mol. The summed E-state index contributed by atoms with van der Waals surface area (Å²) in [5.41, 5.74) is 0.755. The lowest BCUT2D eigenvalue weighted by Crippen LogP contribution is -2.50. The lowest BCUT2D eigenvalue weighted by molar-refractivity contribution is 0.0397. The zero-order chi connectivity index (χ0) is 23.2. The quantitative estimate of drug-likeness (QED) is 0.301. The number of hydrogen-bond acceptors (Lipinski definition) is 5. The lowest BCUT2D eigenvalue weighted by atomic mass is 9.87. The standard InChI is InChI=1S/C24H23F2IN4O2/c25-17-4-6-19(23-28-10-2-11-29-23)20(13-17)24(32)31-12-1-3-16(21(31)8-9-27)15-33-22-7-5-18(26)14-30-22/h2,4-7,10-11,13-14,16,21H,1,3,8-9,12,15H2/t16-,21?/m1/s1. The van der Waals surface area contributed by atoms with E-state index in [0.29, 0.717) is 30.4 Å². The van der Waals surface area contributed by atoms with Crippen LogP contribution in [0.25, 0.3) is 11.4 Å². The summed E-state index contributed by atoms with van der Waals surface area (Å²) in [6.07, 6.45) is 6.78. The molecule has 0 radical (unpaired) electrons. The van der Waals surface area contributed by atoms with Gasteiger partial charge in [0.15, 0.2) is 5.82 Å². The first-order valence-electron chi connectivity index (χ1n) is 10.7. The number of carbonyl (C=O) groups excluding carboxylic acids is 1. The fourth-order valence-corrected chi connectivity index (χ4v) is 4.85. The summed E-state index contributed by atoms with van der Waals surface area (Å²) in [5.74, 6) is -0.339. The van der Waals surface area contributed by atoms with E-state index in [1.807, 2.05) is 4.90 Å². The van der Waals surface area contributed by atoms with Gasteiger partial charge in [-0.1, -0.05) is 22.6 Å². The summed E-state index contributed by atoms with van der Waals surface area (Å²) in [6, 6.07) is 8.54. The van der Waals surface area contributed by atoms with Gasteiger partial charge < -0.3 is 9.64 Å². The Bertz CT molecular complexity index is 1090. The molecule has 1 unspecified atom stereocenters. The number of hydrogen-bond donors (Lipinski definition) is 0. The number of nitrogens with zero attached hydrogens (tertiary/aromatic N) is 4. The first kappa shape index (κ1) is 23.5. The van der Waals surface area contributed by atoms with Crippen LogP contribution in [0.15, 0.2) is 55.0 Å². The van der Waals surface area contributed by atoms with Crippen LogP contribution in [0, 0.1) is 17.6 Å². The van der Waals surface area contributed by atoms with E-state index in [-0.39, 0.29) is 23.4 Å². The number of aromatic nitrogens is 3. The maximum Gasteiger partial charge on any atom is 0.254 e. The summed E-state index contributed by atoms with van der Waals surface area (Å²) in [6.45, 7) is 0.943. The monoisotopic (exact) mass is 564 g/mol. The van der Waals surface area contributed by atoms with Crippen LogP contribution in [0.4, 0.5) is 8.78 Å². The highest BCUT2D eigenvalue weighted by Gasteiger charge is 2.35. The highest BCUT2D eigenvalue weighted by molar-refractivity contribution is 14.1. The first-order valence-corrected chi connectivity index (χ1v) is 12.3. The molecule has 0 N–H and O–H groups in total. The smallest absolute Gasteiger partial charge is 0.254 e. The first-order chi connectivity index (χ1) is 16.1. The highest BCUT2D eigenvalue weighted by atomic mass is 127. The molecule has 1 aliphatic heterocycles. The number of benzene rings is 1. The van der Waals surface area contributed by atoms with Gasteiger partial charge in [-0.2, -0.15) is 0 Å². The summed E-state index contributed by atoms with van der Waals surface area (Å²) in [7, 11) is 0. The number of halogens is 3. The van der Waals surface area contributed by atoms with E-state index in [4.69, 9.17) is 4.74 Å². The minimum Gasteiger partial charge on any atom is -0.477 e. The van der Waals surface area contributed by atoms with Crippen molar-refractivity contribution in [2.24, 2.45) is 5.92 Å². The van der Waals surface area contributed by atoms with Gasteiger partial charge in [0.25, 0.3) is 5.91 Å². The molecule has 2 atom stereocenters. The van der Waals surface area contributed by atoms with Crippen molar-refractivity contribution in [3.05, 3.63) is 72.2 Å². The van der Waals surface area contributed by atoms with Crippen molar-refractivity contribution in [2.45, 2.75) is 25.3 Å². The fraction of sp³-hybridized carbons (Fsp3) is 0.333. The summed E-state index contributed by atoms with van der Waals surface area (Å²) >= 11 is 2.30. The second kappa shape index (κ2) is 11.0. The van der Waals surface area contributed by atoms with Crippen LogP contribution in [0.2, 0.25) is 0 Å². The fourth-order valence-electron chi connectivity index (χ4n) is 4.21. The van der Waals surface area contributed by atoms with Gasteiger partial charge in [-0.3, -0.25) is 4.79 Å². The number of alkyl halides is 1. The Morgan fingerprint density at radius 3 is 2.64 bits per heavy atom. The molecule has 0 aliphatic carbocycles. The molecule has 2 aromatic heterocycles. The maximum absolute atomic E-state index is 14.2. The topological polar surface area (TPSA) is 68.2 Å². The van der Waals surface area contributed by atoms with Crippen molar-refractivity contribution in [1.82, 2.24) is 19.9 Å². The minimum atomic E-state index is -0.484. The van der Waals surface area contributed by atoms with Crippen molar-refractivity contribution in [2.75, 3.05) is 17.6 Å². The Labute approximate surface area is 204 Å². The van der Waals surface area contributed by atoms with Crippen molar-refractivity contribution in [3.63, 3.8) is 0 Å². The molecule has 1 amide bonds. The molecule has 172 valence electrons. The summed E-state index contributed by atoms with van der Waals surface area (Å²) in [5, 5.41) is 0. The zero-order valence-corrected chi connectivity index (χ0v) is 20.0. The number of likely N-dealkylation sites (tertiary alicyclic amines) is 1. The number of ether oxygens (including phenoxy) is 1. The van der Waals surface area contributed by atoms with E-state index < -0.39 is 11.6 Å². The van der Waals surface area contributed by atoms with Crippen LogP contribution in [0.3, 0.4) is 0 Å². The van der Waals surface area contributed by atoms with Crippen LogP contribution in [-0.2, 0) is 0 Å². The average molecular weight is 564 g/mol. The molecule has 33 heavy (non-hydrogen) atoms. The van der Waals surface area contributed by atoms with E-state index >= 15 is 0 Å². The number of piperidine rings is 1. The molecule has 0 bridgehead atoms. The molecule has 0 spiro atoms. The molecule has 1 saturated heterocycles. The van der Waals surface area contributed by atoms with Gasteiger partial charge in [0.2, 0.25) is 5.88 Å². The predicted octanol–water partition coefficient (Wildman–Crippen LogP) is 4.94. The zero-order valence-electron chi connectivity index (χ0n) is 17.8. The normalized spacial score (nSPS) is 18.2. The molecule has 1 fully saturated rings. The molecule has 0 saturated carbocycles. The Morgan fingerprint density at radius 2 is 1.91 bits per heavy atom. The maximum atomic E-state index is 14.2. The van der Waals surface area contributed by atoms with E-state index in [9.17, 15) is 13.6 Å². The van der Waals surface area contributed by atoms with Gasteiger partial charge in [0.1, 0.15) is 11.6 Å². The minimum absolute atomic E-state index is 0.0728. The van der Waals surface area contributed by atoms with Gasteiger partial charge in [-0.15, -0.1) is 0 Å². The number of pyridine rings is 1. The lowest BCUT2D eigenvalue weighted by Gasteiger charge is -2.41. The van der Waals surface area contributed by atoms with Crippen LogP contribution < -0.4 is 4.74 Å². The van der Waals surface area contributed by atoms with Gasteiger partial charge in [-0.05, 0) is 49.6 Å². The Hall–Kier alpha value is -2.69. The third-order valence-corrected chi connectivity index (χ3v) is 6.37. The summed E-state index contributed by atoms with van der Waals surface area (Å²) in [4.78, 5) is 28.0. The second-order valence-electron chi connectivity index (χ2n) is 7.83. The van der Waals surface area contributed by atoms with E-state index in [2.05, 4.69) is 37.5 Å². The second-order valence-corrected chi connectivity index (χ2v) is 8.91. The summed E-state index contributed by atoms with van der Waals surface area (Å²) < 4.78 is 34.0. The van der Waals surface area contributed by atoms with Gasteiger partial charge in [-0.25, -0.2) is 23.7 Å². The largest absolute Gasteiger partial charge is 0.477 e. The molecule has 6 nitrogen and oxygen atoms in total. The SMILES string of the molecule is O=C(c1cc(F)ccc1-c1ncccn1)N1CCC[C@H](COc2ccc(F)cn2)C1CCI. The number of amides is 1. The van der Waals surface area contributed by atoms with E-state index in [1.54, 1.807) is 24.5 Å². The molecule has 3 heterocycles. The molecule has 1 aliphatic rings. The number of carbonyl (C=O) groups is 1. The van der Waals surface area contributed by atoms with Gasteiger partial charge in [0.05, 0.1) is 18.4 Å². The van der Waals surface area contributed by atoms with Crippen molar-refractivity contribution >= 4 is 28.5 Å². The van der Waals surface area contributed by atoms with Crippen LogP contribution in [-0.4, -0.2) is 49.4 Å². The van der Waals surface area contributed by atoms with Crippen LogP contribution >= 0.6 is 22.6 Å². The molecule has 4 rings (SSSR count). The van der Waals surface area contributed by atoms with Crippen molar-refractivity contribution in [3.8, 4) is 17.3 Å². The predicted molar refractivity (Wildman–Crippen MR) is 128 cm³/mol. The highest BCUT2D eigenvalue weighted by Crippen LogP contribution is 2.31. The Balaban J connectivity index is 1.58. The number of rotatable bonds is 7. The molecule has 3 aromatic rings. The molecule has 1 aromatic carbocycles. The van der Waals surface area contributed by atoms with Gasteiger partial charge >= 0.3 is 0 Å². The molecule has 9 heteroatoms. The Morgan fingerprint density at radius 1 is 1.12 bits per heavy atom. The van der Waals surface area contributed by atoms with Crippen LogP contribution in [0.5, 0.6) is 5.88 Å². The Kier molecular flexibility index (Phi) is 7.79. The van der Waals surface area contributed by atoms with Crippen molar-refractivity contribution < 1.29 is 18.3 Å². The average Bonchev–Trinajstić information content (AvgIpc) is 2.84. The van der Waals surface area contributed by atoms with Crippen molar-refractivity contribution in [1.29, 1.82) is 0 Å². The van der Waals surface area contributed by atoms with E-state index in [1.165, 1.54) is 24.3 Å². The third kappa shape index (κ3) is 5.63. The molecular formula is C24H23F2IN4O2. The third-order valence-electron chi connectivity index (χ3n) is 5.75. The van der Waals surface area contributed by atoms with E-state index in [0.717, 1.165) is 29.9 Å².